The topological polar surface area (TPSA) is 93.7 Å². The number of amides is 2. The van der Waals surface area contributed by atoms with Gasteiger partial charge in [0.05, 0.1) is 5.69 Å². The zero-order valence-electron chi connectivity index (χ0n) is 17.2. The van der Waals surface area contributed by atoms with Gasteiger partial charge in [0.25, 0.3) is 5.91 Å². The normalized spacial score (nSPS) is 14.2. The first-order valence-corrected chi connectivity index (χ1v) is 9.77. The zero-order chi connectivity index (χ0) is 21.7. The van der Waals surface area contributed by atoms with Crippen LogP contribution in [0.15, 0.2) is 60.3 Å². The lowest BCUT2D eigenvalue weighted by atomic mass is 10.2. The maximum Gasteiger partial charge on any atom is 0.277 e. The van der Waals surface area contributed by atoms with Crippen LogP contribution in [0, 0.1) is 18.3 Å². The molecule has 1 heterocycles. The molecule has 7 heteroatoms. The Morgan fingerprint density at radius 1 is 1.10 bits per heavy atom. The number of piperazine rings is 1. The third kappa shape index (κ3) is 4.78. The molecule has 2 amide bonds. The second-order valence-corrected chi connectivity index (χ2v) is 7.27. The lowest BCUT2D eigenvalue weighted by Crippen LogP contribution is -2.44. The van der Waals surface area contributed by atoms with Gasteiger partial charge in [0.1, 0.15) is 11.6 Å². The summed E-state index contributed by atoms with van der Waals surface area (Å²) in [6.07, 6.45) is 1.56. The van der Waals surface area contributed by atoms with E-state index in [0.29, 0.717) is 24.5 Å². The zero-order valence-corrected chi connectivity index (χ0v) is 17.2. The lowest BCUT2D eigenvalue weighted by molar-refractivity contribution is -0.123. The van der Waals surface area contributed by atoms with Crippen LogP contribution in [0.1, 0.15) is 12.5 Å². The van der Waals surface area contributed by atoms with Crippen molar-refractivity contribution in [3.05, 3.63) is 65.9 Å². The van der Waals surface area contributed by atoms with E-state index < -0.39 is 11.8 Å². The van der Waals surface area contributed by atoms with Crippen molar-refractivity contribution >= 4 is 28.9 Å². The molecule has 1 fully saturated rings. The van der Waals surface area contributed by atoms with Crippen molar-refractivity contribution in [3.8, 4) is 6.07 Å². The molecule has 1 saturated heterocycles. The molecule has 0 radical (unpaired) electrons. The number of carbonyl (C=O) groups excluding carboxylic acids is 2. The molecule has 2 N–H and O–H groups in total. The predicted octanol–water partition coefficient (Wildman–Crippen LogP) is 2.69. The third-order valence-corrected chi connectivity index (χ3v) is 5.01. The van der Waals surface area contributed by atoms with Crippen LogP contribution in [-0.4, -0.2) is 42.9 Å². The summed E-state index contributed by atoms with van der Waals surface area (Å²) in [5.74, 6) is -1.11. The molecule has 2 aromatic rings. The first kappa shape index (κ1) is 20.9. The van der Waals surface area contributed by atoms with Crippen LogP contribution in [0.2, 0.25) is 0 Å². The number of nitrogens with zero attached hydrogens (tertiary/aromatic N) is 4. The van der Waals surface area contributed by atoms with Gasteiger partial charge in [-0.25, -0.2) is 4.90 Å². The summed E-state index contributed by atoms with van der Waals surface area (Å²) in [6, 6.07) is 16.7. The molecule has 3 rings (SSSR count). The number of nitrogens with two attached hydrogens (primary N) is 1. The van der Waals surface area contributed by atoms with Gasteiger partial charge in [0.2, 0.25) is 5.91 Å². The first-order valence-electron chi connectivity index (χ1n) is 9.77. The molecule has 30 heavy (non-hydrogen) atoms. The smallest absolute Gasteiger partial charge is 0.277 e. The van der Waals surface area contributed by atoms with Gasteiger partial charge in [0.15, 0.2) is 0 Å². The third-order valence-electron chi connectivity index (χ3n) is 5.01. The van der Waals surface area contributed by atoms with Crippen LogP contribution in [0.25, 0.3) is 0 Å². The van der Waals surface area contributed by atoms with Gasteiger partial charge in [0, 0.05) is 50.7 Å². The summed E-state index contributed by atoms with van der Waals surface area (Å²) in [6.45, 7) is 6.27. The number of nitriles is 1. The van der Waals surface area contributed by atoms with Gasteiger partial charge >= 0.3 is 0 Å². The second kappa shape index (κ2) is 9.14. The molecule has 0 unspecified atom stereocenters. The number of benzene rings is 2. The molecule has 0 spiro atoms. The highest BCUT2D eigenvalue weighted by Crippen LogP contribution is 2.21. The summed E-state index contributed by atoms with van der Waals surface area (Å²) in [5, 5.41) is 9.58. The SMILES string of the molecule is CC(=O)N(C(=O)/C(C#N)=C\N1CCN(c2cccc(C)c2)CC1)c1ccc(N)cc1. The van der Waals surface area contributed by atoms with Gasteiger partial charge in [-0.1, -0.05) is 12.1 Å². The summed E-state index contributed by atoms with van der Waals surface area (Å²) in [4.78, 5) is 30.3. The Morgan fingerprint density at radius 2 is 1.77 bits per heavy atom. The highest BCUT2D eigenvalue weighted by molar-refractivity contribution is 6.21. The van der Waals surface area contributed by atoms with Gasteiger partial charge in [-0.3, -0.25) is 9.59 Å². The van der Waals surface area contributed by atoms with Crippen molar-refractivity contribution in [1.29, 1.82) is 5.26 Å². The van der Waals surface area contributed by atoms with Crippen molar-refractivity contribution in [3.63, 3.8) is 0 Å². The van der Waals surface area contributed by atoms with E-state index in [1.54, 1.807) is 30.5 Å². The average Bonchev–Trinajstić information content (AvgIpc) is 2.73. The fourth-order valence-corrected chi connectivity index (χ4v) is 3.43. The number of carbonyl (C=O) groups is 2. The quantitative estimate of drug-likeness (QED) is 0.479. The van der Waals surface area contributed by atoms with Crippen molar-refractivity contribution in [2.45, 2.75) is 13.8 Å². The molecule has 2 aromatic carbocycles. The maximum absolute atomic E-state index is 12.9. The summed E-state index contributed by atoms with van der Waals surface area (Å²) >= 11 is 0. The van der Waals surface area contributed by atoms with Crippen molar-refractivity contribution < 1.29 is 9.59 Å². The molecule has 0 atom stereocenters. The van der Waals surface area contributed by atoms with Crippen molar-refractivity contribution in [1.82, 2.24) is 4.90 Å². The van der Waals surface area contributed by atoms with Crippen LogP contribution >= 0.6 is 0 Å². The van der Waals surface area contributed by atoms with Crippen LogP contribution in [0.3, 0.4) is 0 Å². The number of aryl methyl sites for hydroxylation is 1. The van der Waals surface area contributed by atoms with Gasteiger partial charge in [-0.15, -0.1) is 0 Å². The molecule has 0 saturated carbocycles. The van der Waals surface area contributed by atoms with Gasteiger partial charge < -0.3 is 15.5 Å². The minimum atomic E-state index is -0.643. The Bertz CT molecular complexity index is 999. The van der Waals surface area contributed by atoms with Crippen molar-refractivity contribution in [2.24, 2.45) is 0 Å². The van der Waals surface area contributed by atoms with E-state index in [-0.39, 0.29) is 5.57 Å². The van der Waals surface area contributed by atoms with Gasteiger partial charge in [-0.2, -0.15) is 5.26 Å². The van der Waals surface area contributed by atoms with E-state index in [9.17, 15) is 14.9 Å². The summed E-state index contributed by atoms with van der Waals surface area (Å²) < 4.78 is 0. The van der Waals surface area contributed by atoms with E-state index >= 15 is 0 Å². The minimum absolute atomic E-state index is 0.0777. The van der Waals surface area contributed by atoms with Crippen LogP contribution in [0.5, 0.6) is 0 Å². The number of anilines is 3. The fraction of sp³-hybridized carbons (Fsp3) is 0.261. The Morgan fingerprint density at radius 3 is 2.33 bits per heavy atom. The van der Waals surface area contributed by atoms with Crippen LogP contribution < -0.4 is 15.5 Å². The van der Waals surface area contributed by atoms with Crippen LogP contribution in [0.4, 0.5) is 17.1 Å². The van der Waals surface area contributed by atoms with E-state index in [4.69, 9.17) is 5.73 Å². The average molecular weight is 403 g/mol. The minimum Gasteiger partial charge on any atom is -0.399 e. The molecule has 1 aliphatic rings. The highest BCUT2D eigenvalue weighted by atomic mass is 16.2. The number of nitrogen functional groups attached to an aromatic ring is 1. The maximum atomic E-state index is 12.9. The Kier molecular flexibility index (Phi) is 6.38. The Balaban J connectivity index is 1.73. The molecule has 0 aromatic heterocycles. The van der Waals surface area contributed by atoms with E-state index in [1.165, 1.54) is 18.2 Å². The lowest BCUT2D eigenvalue weighted by Gasteiger charge is -2.36. The van der Waals surface area contributed by atoms with Gasteiger partial charge in [-0.05, 0) is 48.9 Å². The molecule has 7 nitrogen and oxygen atoms in total. The van der Waals surface area contributed by atoms with E-state index in [0.717, 1.165) is 18.0 Å². The van der Waals surface area contributed by atoms with Crippen LogP contribution in [-0.2, 0) is 9.59 Å². The number of imide groups is 1. The van der Waals surface area contributed by atoms with E-state index in [1.807, 2.05) is 17.0 Å². The monoisotopic (exact) mass is 403 g/mol. The Labute approximate surface area is 176 Å². The number of rotatable bonds is 4. The highest BCUT2D eigenvalue weighted by Gasteiger charge is 2.25. The number of hydrogen-bond acceptors (Lipinski definition) is 6. The fourth-order valence-electron chi connectivity index (χ4n) is 3.43. The largest absolute Gasteiger partial charge is 0.399 e. The molecule has 0 bridgehead atoms. The molecular formula is C23H25N5O2. The first-order chi connectivity index (χ1) is 14.4. The second-order valence-electron chi connectivity index (χ2n) is 7.27. The summed E-state index contributed by atoms with van der Waals surface area (Å²) in [5.41, 5.74) is 8.89. The molecular weight excluding hydrogens is 378 g/mol. The summed E-state index contributed by atoms with van der Waals surface area (Å²) in [7, 11) is 0. The molecule has 154 valence electrons. The van der Waals surface area contributed by atoms with E-state index in [2.05, 4.69) is 30.0 Å². The Hall–Kier alpha value is -3.79. The molecule has 0 aliphatic carbocycles. The predicted molar refractivity (Wildman–Crippen MR) is 118 cm³/mol. The standard InChI is InChI=1S/C23H25N5O2/c1-17-4-3-5-22(14-17)27-12-10-26(11-13-27)16-19(15-24)23(30)28(18(2)29)21-8-6-20(25)7-9-21/h3-9,14,16H,10-13,25H2,1-2H3/b19-16-. The van der Waals surface area contributed by atoms with Crippen molar-refractivity contribution in [2.75, 3.05) is 41.7 Å². The molecule has 1 aliphatic heterocycles. The number of hydrogen-bond donors (Lipinski definition) is 1.